The van der Waals surface area contributed by atoms with Crippen LogP contribution in [-0.4, -0.2) is 24.2 Å². The Kier molecular flexibility index (Phi) is 4.75. The molecular formula is C15H17BrN2O4. The van der Waals surface area contributed by atoms with Crippen molar-refractivity contribution >= 4 is 27.9 Å². The van der Waals surface area contributed by atoms with Crippen LogP contribution < -0.4 is 10.6 Å². The molecule has 0 bridgehead atoms. The molecule has 1 heterocycles. The molecule has 0 aliphatic carbocycles. The zero-order chi connectivity index (χ0) is 16.4. The first kappa shape index (κ1) is 16.4. The zero-order valence-electron chi connectivity index (χ0n) is 12.4. The van der Waals surface area contributed by atoms with Crippen molar-refractivity contribution in [2.75, 3.05) is 7.11 Å². The lowest BCUT2D eigenvalue weighted by atomic mass is 9.91. The maximum Gasteiger partial charge on any atom is 0.337 e. The average Bonchev–Trinajstić information content (AvgIpc) is 2.48. The number of carbonyl (C=O) groups excluding carboxylic acids is 2. The van der Waals surface area contributed by atoms with Crippen LogP contribution in [0.2, 0.25) is 0 Å². The van der Waals surface area contributed by atoms with Crippen LogP contribution in [0.25, 0.3) is 0 Å². The first-order chi connectivity index (χ1) is 10.3. The van der Waals surface area contributed by atoms with E-state index in [1.165, 1.54) is 13.2 Å². The van der Waals surface area contributed by atoms with Gasteiger partial charge in [0.1, 0.15) is 5.75 Å². The summed E-state index contributed by atoms with van der Waals surface area (Å²) >= 11 is 3.32. The molecule has 22 heavy (non-hydrogen) atoms. The number of phenols is 1. The van der Waals surface area contributed by atoms with Gasteiger partial charge in [0.15, 0.2) is 0 Å². The summed E-state index contributed by atoms with van der Waals surface area (Å²) < 4.78 is 5.57. The van der Waals surface area contributed by atoms with Gasteiger partial charge in [-0.15, -0.1) is 0 Å². The van der Waals surface area contributed by atoms with E-state index in [2.05, 4.69) is 26.6 Å². The van der Waals surface area contributed by atoms with Crippen molar-refractivity contribution in [2.24, 2.45) is 5.92 Å². The summed E-state index contributed by atoms with van der Waals surface area (Å²) in [5.74, 6) is -0.655. The number of phenolic OH excluding ortho intramolecular Hbond substituents is 1. The Labute approximate surface area is 136 Å². The smallest absolute Gasteiger partial charge is 0.337 e. The molecule has 1 aliphatic rings. The molecule has 0 fully saturated rings. The number of rotatable bonds is 3. The highest BCUT2D eigenvalue weighted by Gasteiger charge is 2.35. The van der Waals surface area contributed by atoms with E-state index in [0.717, 1.165) is 4.47 Å². The monoisotopic (exact) mass is 368 g/mol. The van der Waals surface area contributed by atoms with Crippen molar-refractivity contribution in [1.82, 2.24) is 10.6 Å². The van der Waals surface area contributed by atoms with Gasteiger partial charge in [-0.3, -0.25) is 0 Å². The number of halogens is 1. The van der Waals surface area contributed by atoms with E-state index in [4.69, 9.17) is 4.74 Å². The van der Waals surface area contributed by atoms with Gasteiger partial charge in [-0.1, -0.05) is 29.8 Å². The highest BCUT2D eigenvalue weighted by atomic mass is 79.9. The molecule has 0 saturated heterocycles. The molecule has 0 saturated carbocycles. The van der Waals surface area contributed by atoms with E-state index < -0.39 is 18.0 Å². The number of hydrogen-bond donors (Lipinski definition) is 3. The van der Waals surface area contributed by atoms with Gasteiger partial charge in [0.25, 0.3) is 0 Å². The third kappa shape index (κ3) is 3.09. The summed E-state index contributed by atoms with van der Waals surface area (Å²) in [4.78, 5) is 24.1. The molecule has 1 aromatic rings. The fourth-order valence-electron chi connectivity index (χ4n) is 2.37. The normalized spacial score (nSPS) is 18.0. The Balaban J connectivity index is 2.65. The molecule has 1 unspecified atom stereocenters. The first-order valence-electron chi connectivity index (χ1n) is 6.73. The Hall–Kier alpha value is -2.02. The van der Waals surface area contributed by atoms with Crippen LogP contribution in [0.5, 0.6) is 5.75 Å². The number of ether oxygens (including phenoxy) is 1. The third-order valence-corrected chi connectivity index (χ3v) is 3.88. The molecule has 1 aromatic carbocycles. The zero-order valence-corrected chi connectivity index (χ0v) is 14.0. The predicted octanol–water partition coefficient (Wildman–Crippen LogP) is 2.59. The number of benzene rings is 1. The molecule has 6 nitrogen and oxygen atoms in total. The molecule has 118 valence electrons. The molecule has 3 N–H and O–H groups in total. The molecule has 1 aliphatic heterocycles. The van der Waals surface area contributed by atoms with Crippen molar-refractivity contribution in [2.45, 2.75) is 19.9 Å². The summed E-state index contributed by atoms with van der Waals surface area (Å²) in [6.45, 7) is 3.73. The maximum atomic E-state index is 12.2. The second-order valence-corrected chi connectivity index (χ2v) is 6.12. The van der Waals surface area contributed by atoms with Crippen LogP contribution in [0.3, 0.4) is 0 Å². The lowest BCUT2D eigenvalue weighted by molar-refractivity contribution is -0.136. The van der Waals surface area contributed by atoms with Gasteiger partial charge >= 0.3 is 12.0 Å². The van der Waals surface area contributed by atoms with Crippen LogP contribution in [0, 0.1) is 5.92 Å². The van der Waals surface area contributed by atoms with Gasteiger partial charge in [-0.2, -0.15) is 0 Å². The van der Waals surface area contributed by atoms with Crippen LogP contribution in [0.1, 0.15) is 25.5 Å². The summed E-state index contributed by atoms with van der Waals surface area (Å²) in [5, 5.41) is 15.4. The van der Waals surface area contributed by atoms with Crippen molar-refractivity contribution in [3.63, 3.8) is 0 Å². The van der Waals surface area contributed by atoms with Gasteiger partial charge in [-0.05, 0) is 24.1 Å². The molecule has 0 aromatic heterocycles. The van der Waals surface area contributed by atoms with Crippen molar-refractivity contribution in [3.8, 4) is 5.75 Å². The molecule has 7 heteroatoms. The Bertz CT molecular complexity index is 655. The number of hydrogen-bond acceptors (Lipinski definition) is 4. The fraction of sp³-hybridized carbons (Fsp3) is 0.333. The Morgan fingerprint density at radius 1 is 1.41 bits per heavy atom. The van der Waals surface area contributed by atoms with Crippen LogP contribution in [0.15, 0.2) is 33.9 Å². The van der Waals surface area contributed by atoms with Gasteiger partial charge in [0, 0.05) is 15.7 Å². The molecular weight excluding hydrogens is 352 g/mol. The van der Waals surface area contributed by atoms with E-state index in [0.29, 0.717) is 11.3 Å². The molecule has 1 atom stereocenters. The van der Waals surface area contributed by atoms with Gasteiger partial charge in [0.05, 0.1) is 18.7 Å². The predicted molar refractivity (Wildman–Crippen MR) is 84.1 cm³/mol. The largest absolute Gasteiger partial charge is 0.508 e. The van der Waals surface area contributed by atoms with E-state index in [-0.39, 0.29) is 17.2 Å². The van der Waals surface area contributed by atoms with Crippen molar-refractivity contribution in [3.05, 3.63) is 39.5 Å². The Morgan fingerprint density at radius 3 is 2.68 bits per heavy atom. The van der Waals surface area contributed by atoms with E-state index in [1.807, 2.05) is 13.8 Å². The third-order valence-electron chi connectivity index (χ3n) is 3.39. The molecule has 2 rings (SSSR count). The highest BCUT2D eigenvalue weighted by Crippen LogP contribution is 2.36. The molecule has 2 amide bonds. The molecule has 0 radical (unpaired) electrons. The van der Waals surface area contributed by atoms with Crippen LogP contribution >= 0.6 is 15.9 Å². The fourth-order valence-corrected chi connectivity index (χ4v) is 2.75. The summed E-state index contributed by atoms with van der Waals surface area (Å²) in [6.07, 6.45) is 0. The molecule has 0 spiro atoms. The van der Waals surface area contributed by atoms with Gasteiger partial charge in [-0.25, -0.2) is 9.59 Å². The minimum atomic E-state index is -0.781. The number of urea groups is 1. The van der Waals surface area contributed by atoms with Crippen molar-refractivity contribution in [1.29, 1.82) is 0 Å². The number of esters is 1. The number of aromatic hydroxyl groups is 1. The standard InChI is InChI=1S/C15H17BrN2O4/c1-7(2)12-11(14(20)22-3)13(18-15(21)17-12)9-6-8(16)4-5-10(9)19/h4-7,13,19H,1-3H3,(H2,17,18,21). The number of amides is 2. The van der Waals surface area contributed by atoms with Gasteiger partial charge < -0.3 is 20.5 Å². The summed E-state index contributed by atoms with van der Waals surface area (Å²) in [7, 11) is 1.28. The SMILES string of the molecule is COC(=O)C1=C(C(C)C)NC(=O)NC1c1cc(Br)ccc1O. The topological polar surface area (TPSA) is 87.7 Å². The Morgan fingerprint density at radius 2 is 2.09 bits per heavy atom. The summed E-state index contributed by atoms with van der Waals surface area (Å²) in [5.41, 5.74) is 1.19. The summed E-state index contributed by atoms with van der Waals surface area (Å²) in [6, 6.07) is 3.62. The number of allylic oxidation sites excluding steroid dienone is 1. The van der Waals surface area contributed by atoms with E-state index in [1.54, 1.807) is 12.1 Å². The minimum absolute atomic E-state index is 0.0140. The minimum Gasteiger partial charge on any atom is -0.508 e. The number of carbonyl (C=O) groups is 2. The second kappa shape index (κ2) is 6.39. The number of methoxy groups -OCH3 is 1. The van der Waals surface area contributed by atoms with E-state index >= 15 is 0 Å². The lowest BCUT2D eigenvalue weighted by Crippen LogP contribution is -2.47. The first-order valence-corrected chi connectivity index (χ1v) is 7.52. The quantitative estimate of drug-likeness (QED) is 0.715. The lowest BCUT2D eigenvalue weighted by Gasteiger charge is -2.31. The average molecular weight is 369 g/mol. The van der Waals surface area contributed by atoms with E-state index in [9.17, 15) is 14.7 Å². The second-order valence-electron chi connectivity index (χ2n) is 5.21. The van der Waals surface area contributed by atoms with Crippen LogP contribution in [0.4, 0.5) is 4.79 Å². The highest BCUT2D eigenvalue weighted by molar-refractivity contribution is 9.10. The van der Waals surface area contributed by atoms with Crippen molar-refractivity contribution < 1.29 is 19.4 Å². The van der Waals surface area contributed by atoms with Crippen LogP contribution in [-0.2, 0) is 9.53 Å². The number of nitrogens with one attached hydrogen (secondary N) is 2. The van der Waals surface area contributed by atoms with Gasteiger partial charge in [0.2, 0.25) is 0 Å². The maximum absolute atomic E-state index is 12.2.